The summed E-state index contributed by atoms with van der Waals surface area (Å²) in [6.45, 7) is 2.14. The van der Waals surface area contributed by atoms with Crippen molar-refractivity contribution in [1.82, 2.24) is 0 Å². The molecule has 3 aliphatic rings. The Morgan fingerprint density at radius 2 is 2.08 bits per heavy atom. The van der Waals surface area contributed by atoms with Gasteiger partial charge in [0, 0.05) is 5.41 Å². The average Bonchev–Trinajstić information content (AvgIpc) is 2.85. The molecule has 26 heavy (non-hydrogen) atoms. The normalized spacial score (nSPS) is 38.6. The second-order valence-electron chi connectivity index (χ2n) is 8.25. The van der Waals surface area contributed by atoms with E-state index < -0.39 is 16.1 Å². The van der Waals surface area contributed by atoms with Crippen molar-refractivity contribution in [2.45, 2.75) is 57.0 Å². The van der Waals surface area contributed by atoms with E-state index in [0.29, 0.717) is 24.2 Å². The number of rotatable bonds is 2. The van der Waals surface area contributed by atoms with Crippen molar-refractivity contribution < 1.29 is 21.6 Å². The molecule has 0 saturated heterocycles. The predicted molar refractivity (Wildman–Crippen MR) is 95.5 cm³/mol. The highest BCUT2D eigenvalue weighted by Crippen LogP contribution is 2.64. The molecule has 0 bridgehead atoms. The maximum atomic E-state index is 12.8. The number of benzene rings is 1. The Morgan fingerprint density at radius 1 is 1.31 bits per heavy atom. The van der Waals surface area contributed by atoms with Crippen molar-refractivity contribution >= 4 is 10.5 Å². The number of hydrogen-bond acceptors (Lipinski definition) is 4. The molecule has 1 aromatic carbocycles. The monoisotopic (exact) mass is 378 g/mol. The largest absolute Gasteiger partial charge is 0.488 e. The van der Waals surface area contributed by atoms with Crippen molar-refractivity contribution in [2.24, 2.45) is 17.3 Å². The lowest BCUT2D eigenvalue weighted by Crippen LogP contribution is -2.50. The van der Waals surface area contributed by atoms with Gasteiger partial charge in [-0.15, -0.1) is 6.42 Å². The van der Waals surface area contributed by atoms with Crippen molar-refractivity contribution in [3.8, 4) is 18.1 Å². The zero-order chi connectivity index (χ0) is 18.7. The molecular formula is C20H23FO4S. The van der Waals surface area contributed by atoms with E-state index in [2.05, 4.69) is 17.0 Å². The predicted octanol–water partition coefficient (Wildman–Crippen LogP) is 3.50. The van der Waals surface area contributed by atoms with Gasteiger partial charge in [-0.2, -0.15) is 8.42 Å². The van der Waals surface area contributed by atoms with Gasteiger partial charge >= 0.3 is 10.5 Å². The summed E-state index contributed by atoms with van der Waals surface area (Å²) in [6.07, 6.45) is 10.8. The van der Waals surface area contributed by atoms with Gasteiger partial charge in [-0.25, -0.2) is 0 Å². The summed E-state index contributed by atoms with van der Waals surface area (Å²) in [5.41, 5.74) is 0.964. The minimum Gasteiger partial charge on any atom is -0.377 e. The molecule has 140 valence electrons. The van der Waals surface area contributed by atoms with Crippen LogP contribution in [0.15, 0.2) is 18.2 Å². The fourth-order valence-electron chi connectivity index (χ4n) is 5.98. The van der Waals surface area contributed by atoms with E-state index in [-0.39, 0.29) is 11.2 Å². The molecule has 0 radical (unpaired) electrons. The van der Waals surface area contributed by atoms with E-state index in [0.717, 1.165) is 37.7 Å². The average molecular weight is 378 g/mol. The third-order valence-electron chi connectivity index (χ3n) is 7.28. The van der Waals surface area contributed by atoms with Crippen molar-refractivity contribution in [2.75, 3.05) is 0 Å². The van der Waals surface area contributed by atoms with Gasteiger partial charge in [-0.1, -0.05) is 22.8 Å². The van der Waals surface area contributed by atoms with E-state index in [1.54, 1.807) is 6.07 Å². The molecule has 3 aliphatic carbocycles. The van der Waals surface area contributed by atoms with E-state index in [9.17, 15) is 17.4 Å². The third kappa shape index (κ3) is 2.56. The number of terminal acetylenes is 1. The van der Waals surface area contributed by atoms with Crippen LogP contribution in [0.2, 0.25) is 0 Å². The Bertz CT molecular complexity index is 890. The lowest BCUT2D eigenvalue weighted by molar-refractivity contribution is -0.0646. The molecule has 0 unspecified atom stereocenters. The van der Waals surface area contributed by atoms with Crippen LogP contribution in [0.4, 0.5) is 3.89 Å². The van der Waals surface area contributed by atoms with Crippen LogP contribution in [-0.4, -0.2) is 19.1 Å². The Morgan fingerprint density at radius 3 is 2.77 bits per heavy atom. The van der Waals surface area contributed by atoms with Gasteiger partial charge in [0.25, 0.3) is 0 Å². The standard InChI is InChI=1S/C20H23FO4S/c1-3-20(22)11-9-18-17-6-4-13-12-14(25-26(21,23)24)5-7-15(13)16(17)8-10-19(18,20)2/h1,5,7,12,16-18,22H,4,6,8-11H2,2H3/t16-,17-,18+,19+,20+/m1/s1. The van der Waals surface area contributed by atoms with Gasteiger partial charge in [0.1, 0.15) is 11.4 Å². The topological polar surface area (TPSA) is 63.6 Å². The molecule has 4 nitrogen and oxygen atoms in total. The van der Waals surface area contributed by atoms with Crippen LogP contribution in [0.1, 0.15) is 56.1 Å². The van der Waals surface area contributed by atoms with Crippen molar-refractivity contribution in [3.05, 3.63) is 29.3 Å². The highest BCUT2D eigenvalue weighted by Gasteiger charge is 2.61. The molecule has 0 heterocycles. The molecule has 1 N–H and O–H groups in total. The van der Waals surface area contributed by atoms with Crippen LogP contribution in [0.3, 0.4) is 0 Å². The SMILES string of the molecule is C#C[C@]1(O)CC[C@H]2[C@@H]3CCc4cc(OS(=O)(=O)F)ccc4[C@H]3CC[C@@]21C. The molecule has 0 aliphatic heterocycles. The molecule has 2 saturated carbocycles. The van der Waals surface area contributed by atoms with Gasteiger partial charge in [0.15, 0.2) is 0 Å². The molecule has 6 heteroatoms. The Hall–Kier alpha value is -1.58. The summed E-state index contributed by atoms with van der Waals surface area (Å²) in [5, 5.41) is 10.9. The van der Waals surface area contributed by atoms with Gasteiger partial charge in [0.05, 0.1) is 0 Å². The zero-order valence-electron chi connectivity index (χ0n) is 14.7. The van der Waals surface area contributed by atoms with E-state index in [1.165, 1.54) is 11.6 Å². The van der Waals surface area contributed by atoms with Crippen LogP contribution in [0.5, 0.6) is 5.75 Å². The van der Waals surface area contributed by atoms with Crippen LogP contribution < -0.4 is 4.18 Å². The second kappa shape index (κ2) is 5.71. The third-order valence-corrected chi connectivity index (χ3v) is 7.68. The number of aryl methyl sites for hydroxylation is 1. The van der Waals surface area contributed by atoms with Crippen molar-refractivity contribution in [3.63, 3.8) is 0 Å². The Kier molecular flexibility index (Phi) is 3.91. The van der Waals surface area contributed by atoms with Gasteiger partial charge in [-0.3, -0.25) is 0 Å². The first kappa shape index (κ1) is 17.8. The summed E-state index contributed by atoms with van der Waals surface area (Å²) >= 11 is 0. The van der Waals surface area contributed by atoms with Crippen LogP contribution in [-0.2, 0) is 16.9 Å². The first-order chi connectivity index (χ1) is 12.2. The summed E-state index contributed by atoms with van der Waals surface area (Å²) in [7, 11) is -5.01. The van der Waals surface area contributed by atoms with E-state index >= 15 is 0 Å². The van der Waals surface area contributed by atoms with Crippen LogP contribution >= 0.6 is 0 Å². The van der Waals surface area contributed by atoms with Gasteiger partial charge in [0.2, 0.25) is 0 Å². The Balaban J connectivity index is 1.65. The first-order valence-electron chi connectivity index (χ1n) is 9.14. The zero-order valence-corrected chi connectivity index (χ0v) is 15.6. The molecule has 0 amide bonds. The number of aliphatic hydroxyl groups is 1. The summed E-state index contributed by atoms with van der Waals surface area (Å²) < 4.78 is 38.6. The lowest BCUT2D eigenvalue weighted by atomic mass is 9.53. The highest BCUT2D eigenvalue weighted by molar-refractivity contribution is 7.81. The van der Waals surface area contributed by atoms with Crippen LogP contribution in [0, 0.1) is 29.6 Å². The quantitative estimate of drug-likeness (QED) is 0.632. The second-order valence-corrected chi connectivity index (χ2v) is 9.20. The number of fused-ring (bicyclic) bond motifs is 5. The summed E-state index contributed by atoms with van der Waals surface area (Å²) in [6, 6.07) is 5.04. The fraction of sp³-hybridized carbons (Fsp3) is 0.600. The maximum Gasteiger partial charge on any atom is 0.488 e. The van der Waals surface area contributed by atoms with Gasteiger partial charge in [-0.05, 0) is 79.5 Å². The van der Waals surface area contributed by atoms with Crippen molar-refractivity contribution in [1.29, 1.82) is 0 Å². The molecule has 5 atom stereocenters. The molecule has 1 aromatic rings. The van der Waals surface area contributed by atoms with E-state index in [1.807, 2.05) is 6.07 Å². The highest BCUT2D eigenvalue weighted by atomic mass is 32.3. The smallest absolute Gasteiger partial charge is 0.377 e. The molecule has 0 spiro atoms. The summed E-state index contributed by atoms with van der Waals surface area (Å²) in [4.78, 5) is 0. The maximum absolute atomic E-state index is 12.8. The molecule has 0 aromatic heterocycles. The Labute approximate surface area is 154 Å². The number of hydrogen-bond donors (Lipinski definition) is 1. The molecule has 2 fully saturated rings. The van der Waals surface area contributed by atoms with E-state index in [4.69, 9.17) is 6.42 Å². The summed E-state index contributed by atoms with van der Waals surface area (Å²) in [5.74, 6) is 3.91. The van der Waals surface area contributed by atoms with Crippen LogP contribution in [0.25, 0.3) is 0 Å². The molecular weight excluding hydrogens is 355 g/mol. The van der Waals surface area contributed by atoms with Gasteiger partial charge < -0.3 is 9.29 Å². The minimum absolute atomic E-state index is 0.0212. The number of halogens is 1. The first-order valence-corrected chi connectivity index (χ1v) is 10.4. The molecule has 4 rings (SSSR count). The fourth-order valence-corrected chi connectivity index (χ4v) is 6.31. The lowest BCUT2D eigenvalue weighted by Gasteiger charge is -2.52. The minimum atomic E-state index is -5.01.